The lowest BCUT2D eigenvalue weighted by molar-refractivity contribution is 0.0444. The Hall–Kier alpha value is -1.94. The summed E-state index contributed by atoms with van der Waals surface area (Å²) in [6.45, 7) is 0.550. The Morgan fingerprint density at radius 2 is 2.06 bits per heavy atom. The first kappa shape index (κ1) is 10.6. The van der Waals surface area contributed by atoms with Crippen LogP contribution in [0.2, 0.25) is 0 Å². The molecule has 0 radical (unpaired) electrons. The third-order valence-corrected chi connectivity index (χ3v) is 2.34. The fourth-order valence-electron chi connectivity index (χ4n) is 1.60. The molecule has 4 nitrogen and oxygen atoms in total. The van der Waals surface area contributed by atoms with Crippen molar-refractivity contribution in [2.75, 3.05) is 6.54 Å². The first-order valence-corrected chi connectivity index (χ1v) is 5.00. The van der Waals surface area contributed by atoms with Crippen molar-refractivity contribution in [2.24, 2.45) is 5.73 Å². The summed E-state index contributed by atoms with van der Waals surface area (Å²) in [7, 11) is 0. The van der Waals surface area contributed by atoms with Crippen LogP contribution in [0.15, 0.2) is 24.3 Å². The van der Waals surface area contributed by atoms with Gasteiger partial charge in [0.1, 0.15) is 0 Å². The van der Waals surface area contributed by atoms with Crippen LogP contribution in [0.1, 0.15) is 32.7 Å². The molecule has 4 heteroatoms. The molecule has 0 spiro atoms. The van der Waals surface area contributed by atoms with Crippen molar-refractivity contribution in [3.8, 4) is 0 Å². The number of ether oxygens (including phenoxy) is 1. The third kappa shape index (κ3) is 1.75. The summed E-state index contributed by atoms with van der Waals surface area (Å²) < 4.78 is 4.54. The summed E-state index contributed by atoms with van der Waals surface area (Å²) in [5, 5.41) is 0. The van der Waals surface area contributed by atoms with Crippen molar-refractivity contribution >= 4 is 18.0 Å². The largest absolute Gasteiger partial charge is 0.386 e. The summed E-state index contributed by atoms with van der Waals surface area (Å²) in [6, 6.07) is 5.08. The first-order chi connectivity index (χ1) is 7.74. The number of rotatable bonds is 3. The monoisotopic (exact) mass is 217 g/mol. The van der Waals surface area contributed by atoms with E-state index in [1.54, 1.807) is 24.3 Å². The van der Waals surface area contributed by atoms with E-state index < -0.39 is 11.9 Å². The van der Waals surface area contributed by atoms with Gasteiger partial charge in [-0.1, -0.05) is 24.3 Å². The molecule has 1 aromatic carbocycles. The van der Waals surface area contributed by atoms with E-state index in [0.717, 1.165) is 6.42 Å². The van der Waals surface area contributed by atoms with Crippen molar-refractivity contribution < 1.29 is 14.3 Å². The maximum absolute atomic E-state index is 11.4. The van der Waals surface area contributed by atoms with Crippen LogP contribution < -0.4 is 5.73 Å². The van der Waals surface area contributed by atoms with Crippen LogP contribution in [0.5, 0.6) is 0 Å². The molecule has 1 aliphatic heterocycles. The van der Waals surface area contributed by atoms with Crippen LogP contribution in [-0.4, -0.2) is 18.5 Å². The van der Waals surface area contributed by atoms with E-state index in [0.29, 0.717) is 23.2 Å². The second-order valence-electron chi connectivity index (χ2n) is 3.43. The summed E-state index contributed by atoms with van der Waals surface area (Å²) in [6.07, 6.45) is 4.38. The zero-order valence-electron chi connectivity index (χ0n) is 8.60. The molecular weight excluding hydrogens is 206 g/mol. The molecule has 0 fully saturated rings. The number of nitrogens with two attached hydrogens (primary N) is 1. The second-order valence-corrected chi connectivity index (χ2v) is 3.43. The van der Waals surface area contributed by atoms with Gasteiger partial charge in [-0.05, 0) is 24.6 Å². The lowest BCUT2D eigenvalue weighted by atomic mass is 10.0. The van der Waals surface area contributed by atoms with Gasteiger partial charge in [-0.3, -0.25) is 0 Å². The number of carbonyl (C=O) groups is 2. The van der Waals surface area contributed by atoms with E-state index in [1.165, 1.54) is 0 Å². The Morgan fingerprint density at radius 3 is 2.81 bits per heavy atom. The summed E-state index contributed by atoms with van der Waals surface area (Å²) in [4.78, 5) is 22.7. The quantitative estimate of drug-likeness (QED) is 0.613. The molecule has 1 aliphatic rings. The smallest absolute Gasteiger partial charge is 0.347 e. The molecule has 0 saturated heterocycles. The highest BCUT2D eigenvalue weighted by Gasteiger charge is 2.31. The highest BCUT2D eigenvalue weighted by molar-refractivity contribution is 6.16. The lowest BCUT2D eigenvalue weighted by Gasteiger charge is -1.98. The number of carbonyl (C=O) groups excluding carboxylic acids is 2. The Balaban J connectivity index is 2.41. The van der Waals surface area contributed by atoms with Crippen LogP contribution in [0, 0.1) is 0 Å². The van der Waals surface area contributed by atoms with Gasteiger partial charge in [-0.2, -0.15) is 0 Å². The van der Waals surface area contributed by atoms with Crippen molar-refractivity contribution in [1.82, 2.24) is 0 Å². The van der Waals surface area contributed by atoms with Gasteiger partial charge < -0.3 is 10.5 Å². The van der Waals surface area contributed by atoms with Gasteiger partial charge >= 0.3 is 11.9 Å². The van der Waals surface area contributed by atoms with Crippen LogP contribution in [0.4, 0.5) is 0 Å². The second kappa shape index (κ2) is 4.28. The highest BCUT2D eigenvalue weighted by Crippen LogP contribution is 2.24. The predicted molar refractivity (Wildman–Crippen MR) is 58.9 cm³/mol. The lowest BCUT2D eigenvalue weighted by Crippen LogP contribution is -1.98. The van der Waals surface area contributed by atoms with Crippen LogP contribution in [0.25, 0.3) is 6.08 Å². The van der Waals surface area contributed by atoms with Gasteiger partial charge in [0.25, 0.3) is 0 Å². The van der Waals surface area contributed by atoms with Gasteiger partial charge in [0, 0.05) is 0 Å². The molecule has 0 amide bonds. The Kier molecular flexibility index (Phi) is 2.83. The minimum absolute atomic E-state index is 0.333. The summed E-state index contributed by atoms with van der Waals surface area (Å²) in [5.41, 5.74) is 6.74. The van der Waals surface area contributed by atoms with Crippen molar-refractivity contribution in [2.45, 2.75) is 6.42 Å². The molecule has 1 heterocycles. The number of esters is 2. The van der Waals surface area contributed by atoms with Gasteiger partial charge in [-0.25, -0.2) is 9.59 Å². The topological polar surface area (TPSA) is 69.4 Å². The average molecular weight is 217 g/mol. The molecule has 0 aromatic heterocycles. The van der Waals surface area contributed by atoms with E-state index in [-0.39, 0.29) is 0 Å². The number of hydrogen-bond acceptors (Lipinski definition) is 4. The molecule has 16 heavy (non-hydrogen) atoms. The van der Waals surface area contributed by atoms with E-state index in [1.807, 2.05) is 6.08 Å². The number of cyclic esters (lactones) is 2. The number of hydrogen-bond donors (Lipinski definition) is 1. The number of benzene rings is 1. The van der Waals surface area contributed by atoms with E-state index in [9.17, 15) is 9.59 Å². The minimum atomic E-state index is -0.576. The maximum atomic E-state index is 11.4. The fourth-order valence-corrected chi connectivity index (χ4v) is 1.60. The van der Waals surface area contributed by atoms with Crippen LogP contribution in [-0.2, 0) is 4.74 Å². The maximum Gasteiger partial charge on any atom is 0.347 e. The molecule has 2 rings (SSSR count). The van der Waals surface area contributed by atoms with Gasteiger partial charge in [0.15, 0.2) is 0 Å². The molecule has 1 aromatic rings. The van der Waals surface area contributed by atoms with Crippen molar-refractivity contribution in [3.63, 3.8) is 0 Å². The van der Waals surface area contributed by atoms with Crippen molar-refractivity contribution in [1.29, 1.82) is 0 Å². The van der Waals surface area contributed by atoms with E-state index in [2.05, 4.69) is 4.74 Å². The van der Waals surface area contributed by atoms with Crippen LogP contribution >= 0.6 is 0 Å². The Bertz CT molecular complexity index is 477. The van der Waals surface area contributed by atoms with E-state index >= 15 is 0 Å². The summed E-state index contributed by atoms with van der Waals surface area (Å²) >= 11 is 0. The van der Waals surface area contributed by atoms with Crippen molar-refractivity contribution in [3.05, 3.63) is 41.0 Å². The Labute approximate surface area is 92.7 Å². The average Bonchev–Trinajstić information content (AvgIpc) is 2.56. The molecule has 0 unspecified atom stereocenters. The number of fused-ring (bicyclic) bond motifs is 1. The molecule has 82 valence electrons. The molecular formula is C12H11NO3. The zero-order valence-corrected chi connectivity index (χ0v) is 8.60. The molecule has 0 atom stereocenters. The standard InChI is InChI=1S/C12H11NO3/c13-7-2-1-4-8-5-3-6-9-10(8)12(15)16-11(9)14/h1,3-6H,2,7,13H2. The first-order valence-electron chi connectivity index (χ1n) is 5.00. The van der Waals surface area contributed by atoms with Gasteiger partial charge in [0.05, 0.1) is 11.1 Å². The highest BCUT2D eigenvalue weighted by atomic mass is 16.6. The fraction of sp³-hybridized carbons (Fsp3) is 0.167. The normalized spacial score (nSPS) is 14.3. The van der Waals surface area contributed by atoms with Gasteiger partial charge in [-0.15, -0.1) is 0 Å². The zero-order chi connectivity index (χ0) is 11.5. The summed E-state index contributed by atoms with van der Waals surface area (Å²) in [5.74, 6) is -1.15. The Morgan fingerprint density at radius 1 is 1.25 bits per heavy atom. The van der Waals surface area contributed by atoms with Crippen LogP contribution in [0.3, 0.4) is 0 Å². The minimum Gasteiger partial charge on any atom is -0.386 e. The molecule has 0 saturated carbocycles. The SMILES string of the molecule is NCCC=Cc1cccc2c1C(=O)OC2=O. The molecule has 2 N–H and O–H groups in total. The van der Waals surface area contributed by atoms with Gasteiger partial charge in [0.2, 0.25) is 0 Å². The third-order valence-electron chi connectivity index (χ3n) is 2.34. The van der Waals surface area contributed by atoms with E-state index in [4.69, 9.17) is 5.73 Å². The molecule has 0 aliphatic carbocycles. The molecule has 0 bridgehead atoms. The predicted octanol–water partition coefficient (Wildman–Crippen LogP) is 1.36.